The van der Waals surface area contributed by atoms with Crippen molar-refractivity contribution in [1.82, 2.24) is 4.98 Å². The third-order valence-corrected chi connectivity index (χ3v) is 4.02. The molecule has 0 aliphatic carbocycles. The average Bonchev–Trinajstić information content (AvgIpc) is 2.36. The monoisotopic (exact) mass is 281 g/mol. The van der Waals surface area contributed by atoms with E-state index in [1.807, 2.05) is 12.4 Å². The minimum atomic E-state index is 0.145. The summed E-state index contributed by atoms with van der Waals surface area (Å²) in [7, 11) is 0. The fourth-order valence-electron chi connectivity index (χ4n) is 2.42. The average molecular weight is 281 g/mol. The highest BCUT2D eigenvalue weighted by Crippen LogP contribution is 2.34. The predicted octanol–water partition coefficient (Wildman–Crippen LogP) is 5.65. The van der Waals surface area contributed by atoms with Crippen LogP contribution in [-0.2, 0) is 10.8 Å². The smallest absolute Gasteiger partial charge is 0.0349 e. The molecule has 1 nitrogen and oxygen atoms in total. The summed E-state index contributed by atoms with van der Waals surface area (Å²) >= 11 is 0. The summed E-state index contributed by atoms with van der Waals surface area (Å²) < 4.78 is 0. The van der Waals surface area contributed by atoms with E-state index in [1.165, 1.54) is 27.8 Å². The first-order valence-corrected chi connectivity index (χ1v) is 7.66. The highest BCUT2D eigenvalue weighted by atomic mass is 14.6. The summed E-state index contributed by atoms with van der Waals surface area (Å²) in [6.45, 7) is 15.8. The third-order valence-electron chi connectivity index (χ3n) is 4.02. The molecule has 0 spiro atoms. The van der Waals surface area contributed by atoms with Gasteiger partial charge in [-0.3, -0.25) is 4.98 Å². The topological polar surface area (TPSA) is 12.9 Å². The lowest BCUT2D eigenvalue weighted by atomic mass is 9.79. The Balaban J connectivity index is 2.70. The Hall–Kier alpha value is -1.63. The van der Waals surface area contributed by atoms with Crippen LogP contribution in [0.1, 0.15) is 58.2 Å². The molecule has 0 N–H and O–H groups in total. The van der Waals surface area contributed by atoms with Crippen LogP contribution in [0.15, 0.2) is 36.7 Å². The third kappa shape index (κ3) is 3.53. The summed E-state index contributed by atoms with van der Waals surface area (Å²) in [5.41, 5.74) is 6.84. The van der Waals surface area contributed by atoms with Crippen molar-refractivity contribution in [3.8, 4) is 11.1 Å². The maximum Gasteiger partial charge on any atom is 0.0349 e. The molecule has 1 aromatic carbocycles. The van der Waals surface area contributed by atoms with Gasteiger partial charge in [0.25, 0.3) is 0 Å². The van der Waals surface area contributed by atoms with Crippen LogP contribution in [0, 0.1) is 6.92 Å². The van der Waals surface area contributed by atoms with Gasteiger partial charge in [0.2, 0.25) is 0 Å². The molecule has 112 valence electrons. The SMILES string of the molecule is Cc1ccncc1-c1cc(C(C)(C)C)cc(C(C)(C)C)c1. The zero-order valence-corrected chi connectivity index (χ0v) is 14.4. The van der Waals surface area contributed by atoms with Gasteiger partial charge in [0.15, 0.2) is 0 Å². The van der Waals surface area contributed by atoms with Crippen molar-refractivity contribution in [3.05, 3.63) is 53.3 Å². The van der Waals surface area contributed by atoms with E-state index in [9.17, 15) is 0 Å². The molecule has 0 saturated carbocycles. The van der Waals surface area contributed by atoms with Crippen LogP contribution < -0.4 is 0 Å². The zero-order valence-electron chi connectivity index (χ0n) is 14.4. The Morgan fingerprint density at radius 3 is 1.76 bits per heavy atom. The lowest BCUT2D eigenvalue weighted by molar-refractivity contribution is 0.569. The van der Waals surface area contributed by atoms with Gasteiger partial charge in [0.1, 0.15) is 0 Å². The minimum Gasteiger partial charge on any atom is -0.264 e. The molecule has 0 radical (unpaired) electrons. The van der Waals surface area contributed by atoms with Crippen LogP contribution in [0.5, 0.6) is 0 Å². The maximum atomic E-state index is 4.31. The van der Waals surface area contributed by atoms with Crippen molar-refractivity contribution in [2.45, 2.75) is 59.3 Å². The standard InChI is InChI=1S/C20H27N/c1-14-8-9-21-13-18(14)15-10-16(19(2,3)4)12-17(11-15)20(5,6)7/h8-13H,1-7H3. The summed E-state index contributed by atoms with van der Waals surface area (Å²) in [4.78, 5) is 4.31. The van der Waals surface area contributed by atoms with Gasteiger partial charge in [-0.1, -0.05) is 59.7 Å². The highest BCUT2D eigenvalue weighted by Gasteiger charge is 2.21. The van der Waals surface area contributed by atoms with Crippen LogP contribution in [0.25, 0.3) is 11.1 Å². The number of pyridine rings is 1. The second-order valence-corrected chi connectivity index (χ2v) is 7.99. The number of nitrogens with zero attached hydrogens (tertiary/aromatic N) is 1. The Kier molecular flexibility index (Phi) is 3.97. The molecule has 21 heavy (non-hydrogen) atoms. The number of rotatable bonds is 1. The van der Waals surface area contributed by atoms with Gasteiger partial charge in [-0.05, 0) is 46.1 Å². The largest absolute Gasteiger partial charge is 0.264 e. The molecule has 0 atom stereocenters. The first-order chi connectivity index (χ1) is 9.59. The Morgan fingerprint density at radius 2 is 1.33 bits per heavy atom. The van der Waals surface area contributed by atoms with Crippen LogP contribution >= 0.6 is 0 Å². The Labute approximate surface area is 129 Å². The number of hydrogen-bond acceptors (Lipinski definition) is 1. The molecular formula is C20H27N. The predicted molar refractivity (Wildman–Crippen MR) is 91.8 cm³/mol. The van der Waals surface area contributed by atoms with Gasteiger partial charge >= 0.3 is 0 Å². The quantitative estimate of drug-likeness (QED) is 0.658. The van der Waals surface area contributed by atoms with E-state index in [2.05, 4.69) is 77.7 Å². The van der Waals surface area contributed by atoms with Gasteiger partial charge < -0.3 is 0 Å². The van der Waals surface area contributed by atoms with Gasteiger partial charge in [-0.15, -0.1) is 0 Å². The zero-order chi connectivity index (χ0) is 15.8. The van der Waals surface area contributed by atoms with Gasteiger partial charge in [-0.2, -0.15) is 0 Å². The van der Waals surface area contributed by atoms with Crippen LogP contribution in [0.2, 0.25) is 0 Å². The number of aryl methyl sites for hydroxylation is 1. The maximum absolute atomic E-state index is 4.31. The van der Waals surface area contributed by atoms with Crippen molar-refractivity contribution < 1.29 is 0 Å². The lowest BCUT2D eigenvalue weighted by Crippen LogP contribution is -2.16. The van der Waals surface area contributed by atoms with E-state index >= 15 is 0 Å². The molecular weight excluding hydrogens is 254 g/mol. The van der Waals surface area contributed by atoms with E-state index in [1.54, 1.807) is 0 Å². The number of benzene rings is 1. The van der Waals surface area contributed by atoms with E-state index in [-0.39, 0.29) is 10.8 Å². The van der Waals surface area contributed by atoms with E-state index in [0.29, 0.717) is 0 Å². The number of hydrogen-bond donors (Lipinski definition) is 0. The van der Waals surface area contributed by atoms with Crippen molar-refractivity contribution in [1.29, 1.82) is 0 Å². The van der Waals surface area contributed by atoms with Gasteiger partial charge in [0, 0.05) is 18.0 Å². The van der Waals surface area contributed by atoms with Crippen molar-refractivity contribution >= 4 is 0 Å². The van der Waals surface area contributed by atoms with Crippen molar-refractivity contribution in [3.63, 3.8) is 0 Å². The normalized spacial score (nSPS) is 12.5. The van der Waals surface area contributed by atoms with Crippen molar-refractivity contribution in [2.24, 2.45) is 0 Å². The second-order valence-electron chi connectivity index (χ2n) is 7.99. The molecule has 0 saturated heterocycles. The fourth-order valence-corrected chi connectivity index (χ4v) is 2.42. The first kappa shape index (κ1) is 15.8. The van der Waals surface area contributed by atoms with Gasteiger partial charge in [0.05, 0.1) is 0 Å². The molecule has 0 unspecified atom stereocenters. The summed E-state index contributed by atoms with van der Waals surface area (Å²) in [5.74, 6) is 0. The Morgan fingerprint density at radius 1 is 0.810 bits per heavy atom. The summed E-state index contributed by atoms with van der Waals surface area (Å²) in [5, 5.41) is 0. The number of aromatic nitrogens is 1. The van der Waals surface area contributed by atoms with Gasteiger partial charge in [-0.25, -0.2) is 0 Å². The van der Waals surface area contributed by atoms with Crippen molar-refractivity contribution in [2.75, 3.05) is 0 Å². The molecule has 1 heteroatoms. The molecule has 0 aliphatic rings. The molecule has 0 aliphatic heterocycles. The fraction of sp³-hybridized carbons (Fsp3) is 0.450. The second kappa shape index (κ2) is 5.29. The lowest BCUT2D eigenvalue weighted by Gasteiger charge is -2.26. The molecule has 2 rings (SSSR count). The summed E-state index contributed by atoms with van der Waals surface area (Å²) in [6.07, 6.45) is 3.83. The van der Waals surface area contributed by atoms with E-state index < -0.39 is 0 Å². The van der Waals surface area contributed by atoms with Crippen LogP contribution in [-0.4, -0.2) is 4.98 Å². The summed E-state index contributed by atoms with van der Waals surface area (Å²) in [6, 6.07) is 9.07. The molecule has 0 amide bonds. The van der Waals surface area contributed by atoms with E-state index in [4.69, 9.17) is 0 Å². The first-order valence-electron chi connectivity index (χ1n) is 7.66. The highest BCUT2D eigenvalue weighted by molar-refractivity contribution is 5.68. The minimum absolute atomic E-state index is 0.145. The molecule has 1 aromatic heterocycles. The van der Waals surface area contributed by atoms with E-state index in [0.717, 1.165) is 0 Å². The molecule has 0 bridgehead atoms. The molecule has 0 fully saturated rings. The van der Waals surface area contributed by atoms with Crippen LogP contribution in [0.3, 0.4) is 0 Å². The molecule has 2 aromatic rings. The molecule has 1 heterocycles. The van der Waals surface area contributed by atoms with Crippen LogP contribution in [0.4, 0.5) is 0 Å². The Bertz CT molecular complexity index is 607.